The molecule has 0 aliphatic carbocycles. The number of urea groups is 1. The minimum absolute atomic E-state index is 0.0832. The number of carbonyl (C=O) groups excluding carboxylic acids is 1. The third-order valence-electron chi connectivity index (χ3n) is 5.56. The predicted octanol–water partition coefficient (Wildman–Crippen LogP) is 4.15. The number of aliphatic hydroxyl groups is 1. The highest BCUT2D eigenvalue weighted by molar-refractivity contribution is 5.90. The summed E-state index contributed by atoms with van der Waals surface area (Å²) in [5, 5.41) is 13.6. The van der Waals surface area contributed by atoms with E-state index in [0.29, 0.717) is 24.5 Å². The lowest BCUT2D eigenvalue weighted by Gasteiger charge is -2.44. The molecule has 2 amide bonds. The molecule has 2 bridgehead atoms. The van der Waals surface area contributed by atoms with Gasteiger partial charge < -0.3 is 15.3 Å². The van der Waals surface area contributed by atoms with Crippen molar-refractivity contribution in [3.8, 4) is 0 Å². The number of hydrogen-bond acceptors (Lipinski definition) is 2. The molecule has 2 atom stereocenters. The number of rotatable bonds is 2. The van der Waals surface area contributed by atoms with Crippen LogP contribution in [0.25, 0.3) is 0 Å². The zero-order valence-electron chi connectivity index (χ0n) is 14.5. The molecule has 4 nitrogen and oxygen atoms in total. The Balaban J connectivity index is 1.52. The number of halogens is 3. The monoisotopic (exact) mass is 376 g/mol. The summed E-state index contributed by atoms with van der Waals surface area (Å²) < 4.78 is 40.0. The molecule has 4 rings (SSSR count). The van der Waals surface area contributed by atoms with Crippen LogP contribution in [-0.4, -0.2) is 28.1 Å². The summed E-state index contributed by atoms with van der Waals surface area (Å²) >= 11 is 0. The first-order chi connectivity index (χ1) is 12.9. The number of benzene rings is 2. The Bertz CT molecular complexity index is 858. The zero-order chi connectivity index (χ0) is 19.2. The van der Waals surface area contributed by atoms with E-state index in [9.17, 15) is 23.1 Å². The fourth-order valence-corrected chi connectivity index (χ4v) is 4.32. The van der Waals surface area contributed by atoms with Crippen LogP contribution in [0.3, 0.4) is 0 Å². The van der Waals surface area contributed by atoms with E-state index >= 15 is 0 Å². The van der Waals surface area contributed by atoms with Gasteiger partial charge in [-0.1, -0.05) is 12.1 Å². The fourth-order valence-electron chi connectivity index (χ4n) is 4.32. The molecule has 2 fully saturated rings. The molecule has 2 aromatic rings. The van der Waals surface area contributed by atoms with Crippen LogP contribution in [0.4, 0.5) is 23.7 Å². The molecule has 2 saturated heterocycles. The normalized spacial score (nSPS) is 26.9. The Morgan fingerprint density at radius 1 is 1.00 bits per heavy atom. The SMILES string of the molecule is O=C(Nc1ccc(F)cc1F)N1C2CCC1CC(O)(c1ccc(F)cc1)C2. The predicted molar refractivity (Wildman–Crippen MR) is 93.6 cm³/mol. The summed E-state index contributed by atoms with van der Waals surface area (Å²) in [4.78, 5) is 14.3. The van der Waals surface area contributed by atoms with Crippen molar-refractivity contribution < 1.29 is 23.1 Å². The number of nitrogens with one attached hydrogen (secondary N) is 1. The van der Waals surface area contributed by atoms with Gasteiger partial charge in [-0.05, 0) is 42.7 Å². The average Bonchev–Trinajstić information content (AvgIpc) is 2.90. The maximum absolute atomic E-state index is 13.8. The highest BCUT2D eigenvalue weighted by Gasteiger charge is 2.50. The van der Waals surface area contributed by atoms with E-state index < -0.39 is 23.3 Å². The van der Waals surface area contributed by atoms with Crippen molar-refractivity contribution in [2.75, 3.05) is 5.32 Å². The second kappa shape index (κ2) is 6.56. The number of amides is 2. The zero-order valence-corrected chi connectivity index (χ0v) is 14.5. The molecule has 0 saturated carbocycles. The lowest BCUT2D eigenvalue weighted by atomic mass is 9.80. The van der Waals surface area contributed by atoms with Crippen molar-refractivity contribution in [1.82, 2.24) is 4.90 Å². The van der Waals surface area contributed by atoms with Gasteiger partial charge in [-0.25, -0.2) is 18.0 Å². The van der Waals surface area contributed by atoms with Gasteiger partial charge in [0.2, 0.25) is 0 Å². The van der Waals surface area contributed by atoms with Crippen molar-refractivity contribution in [2.24, 2.45) is 0 Å². The first kappa shape index (κ1) is 17.9. The van der Waals surface area contributed by atoms with E-state index in [1.165, 1.54) is 18.2 Å². The molecule has 142 valence electrons. The second-order valence-corrected chi connectivity index (χ2v) is 7.29. The van der Waals surface area contributed by atoms with Gasteiger partial charge in [0.15, 0.2) is 0 Å². The molecule has 2 aliphatic rings. The van der Waals surface area contributed by atoms with Crippen LogP contribution in [0.15, 0.2) is 42.5 Å². The third kappa shape index (κ3) is 3.27. The summed E-state index contributed by atoms with van der Waals surface area (Å²) in [7, 11) is 0. The van der Waals surface area contributed by atoms with Gasteiger partial charge >= 0.3 is 6.03 Å². The van der Waals surface area contributed by atoms with Gasteiger partial charge in [0, 0.05) is 31.0 Å². The Morgan fingerprint density at radius 2 is 1.59 bits per heavy atom. The second-order valence-electron chi connectivity index (χ2n) is 7.29. The van der Waals surface area contributed by atoms with E-state index in [-0.39, 0.29) is 23.6 Å². The smallest absolute Gasteiger partial charge is 0.322 e. The molecule has 2 heterocycles. The minimum Gasteiger partial charge on any atom is -0.385 e. The highest BCUT2D eigenvalue weighted by Crippen LogP contribution is 2.45. The number of anilines is 1. The van der Waals surface area contributed by atoms with Crippen molar-refractivity contribution in [2.45, 2.75) is 43.4 Å². The van der Waals surface area contributed by atoms with Gasteiger partial charge in [0.25, 0.3) is 0 Å². The first-order valence-electron chi connectivity index (χ1n) is 8.88. The Morgan fingerprint density at radius 3 is 2.19 bits per heavy atom. The summed E-state index contributed by atoms with van der Waals surface area (Å²) in [6.45, 7) is 0. The van der Waals surface area contributed by atoms with Gasteiger partial charge in [-0.15, -0.1) is 0 Å². The van der Waals surface area contributed by atoms with Crippen molar-refractivity contribution >= 4 is 11.7 Å². The third-order valence-corrected chi connectivity index (χ3v) is 5.56. The number of nitrogens with zero attached hydrogens (tertiary/aromatic N) is 1. The quantitative estimate of drug-likeness (QED) is 0.827. The molecule has 27 heavy (non-hydrogen) atoms. The van der Waals surface area contributed by atoms with Crippen LogP contribution in [-0.2, 0) is 5.60 Å². The minimum atomic E-state index is -1.13. The van der Waals surface area contributed by atoms with Crippen molar-refractivity contribution in [3.63, 3.8) is 0 Å². The molecule has 2 N–H and O–H groups in total. The van der Waals surface area contributed by atoms with E-state index in [0.717, 1.165) is 18.9 Å². The molecule has 2 aliphatic heterocycles. The Hall–Kier alpha value is -2.54. The molecule has 2 aromatic carbocycles. The highest BCUT2D eigenvalue weighted by atomic mass is 19.1. The van der Waals surface area contributed by atoms with Crippen LogP contribution < -0.4 is 5.32 Å². The van der Waals surface area contributed by atoms with E-state index in [1.54, 1.807) is 17.0 Å². The largest absolute Gasteiger partial charge is 0.385 e. The van der Waals surface area contributed by atoms with E-state index in [1.807, 2.05) is 0 Å². The number of piperidine rings is 1. The molecule has 0 aromatic heterocycles. The number of carbonyl (C=O) groups is 1. The van der Waals surface area contributed by atoms with Crippen LogP contribution >= 0.6 is 0 Å². The Kier molecular flexibility index (Phi) is 4.34. The van der Waals surface area contributed by atoms with Crippen LogP contribution in [0.1, 0.15) is 31.2 Å². The maximum Gasteiger partial charge on any atom is 0.322 e. The van der Waals surface area contributed by atoms with Gasteiger partial charge in [0.05, 0.1) is 11.3 Å². The summed E-state index contributed by atoms with van der Waals surface area (Å²) in [5.41, 5.74) is -0.581. The van der Waals surface area contributed by atoms with Gasteiger partial charge in [0.1, 0.15) is 17.5 Å². The van der Waals surface area contributed by atoms with E-state index in [4.69, 9.17) is 0 Å². The molecule has 7 heteroatoms. The number of fused-ring (bicyclic) bond motifs is 2. The first-order valence-corrected chi connectivity index (χ1v) is 8.88. The molecule has 2 unspecified atom stereocenters. The molecule has 0 radical (unpaired) electrons. The van der Waals surface area contributed by atoms with Crippen LogP contribution in [0, 0.1) is 17.5 Å². The molecule has 0 spiro atoms. The lowest BCUT2D eigenvalue weighted by molar-refractivity contribution is -0.0423. The van der Waals surface area contributed by atoms with E-state index in [2.05, 4.69) is 5.32 Å². The Labute approximate surface area is 154 Å². The summed E-state index contributed by atoms with van der Waals surface area (Å²) in [6.07, 6.45) is 2.11. The maximum atomic E-state index is 13.8. The summed E-state index contributed by atoms with van der Waals surface area (Å²) in [6, 6.07) is 7.86. The topological polar surface area (TPSA) is 52.6 Å². The number of hydrogen-bond donors (Lipinski definition) is 2. The molecular weight excluding hydrogens is 357 g/mol. The fraction of sp³-hybridized carbons (Fsp3) is 0.350. The van der Waals surface area contributed by atoms with Crippen molar-refractivity contribution in [1.29, 1.82) is 0 Å². The van der Waals surface area contributed by atoms with Gasteiger partial charge in [-0.3, -0.25) is 0 Å². The summed E-state index contributed by atoms with van der Waals surface area (Å²) in [5.74, 6) is -1.92. The van der Waals surface area contributed by atoms with Gasteiger partial charge in [-0.2, -0.15) is 0 Å². The van der Waals surface area contributed by atoms with Crippen LogP contribution in [0.5, 0.6) is 0 Å². The average molecular weight is 376 g/mol. The standard InChI is InChI=1S/C20H19F3N2O2/c21-13-3-1-12(2-4-13)20(27)10-15-6-7-16(11-20)25(15)19(26)24-18-8-5-14(22)9-17(18)23/h1-5,8-9,15-16,27H,6-7,10-11H2,(H,24,26). The van der Waals surface area contributed by atoms with Crippen LogP contribution in [0.2, 0.25) is 0 Å². The lowest BCUT2D eigenvalue weighted by Crippen LogP contribution is -2.53. The molecular formula is C20H19F3N2O2. The van der Waals surface area contributed by atoms with Crippen molar-refractivity contribution in [3.05, 3.63) is 65.5 Å².